The summed E-state index contributed by atoms with van der Waals surface area (Å²) in [7, 11) is 5.47. The van der Waals surface area contributed by atoms with E-state index >= 15 is 0 Å². The number of aromatic nitrogens is 1. The lowest BCUT2D eigenvalue weighted by Crippen LogP contribution is -2.48. The first-order valence-electron chi connectivity index (χ1n) is 18.1. The molecule has 0 unspecified atom stereocenters. The molecule has 0 saturated carbocycles. The highest BCUT2D eigenvalue weighted by Gasteiger charge is 2.37. The first kappa shape index (κ1) is 40.5. The largest absolute Gasteiger partial charge is 0.374 e. The number of methoxy groups -OCH3 is 1. The number of benzene rings is 1. The van der Waals surface area contributed by atoms with Gasteiger partial charge in [0, 0.05) is 50.8 Å². The Balaban J connectivity index is 1.75. The lowest BCUT2D eigenvalue weighted by Gasteiger charge is -2.37. The summed E-state index contributed by atoms with van der Waals surface area (Å²) in [6, 6.07) is 8.74. The third kappa shape index (κ3) is 11.5. The fourth-order valence-corrected chi connectivity index (χ4v) is 7.77. The molecule has 49 heavy (non-hydrogen) atoms. The number of nitrogens with one attached hydrogen (secondary N) is 1. The smallest absolute Gasteiger partial charge is 0.271 e. The van der Waals surface area contributed by atoms with Gasteiger partial charge in [0.05, 0.1) is 12.1 Å². The van der Waals surface area contributed by atoms with Crippen molar-refractivity contribution in [3.8, 4) is 0 Å². The minimum absolute atomic E-state index is 0.00643. The molecule has 1 saturated heterocycles. The molecule has 1 aliphatic rings. The second kappa shape index (κ2) is 19.4. The zero-order valence-corrected chi connectivity index (χ0v) is 32.1. The van der Waals surface area contributed by atoms with Gasteiger partial charge in [-0.2, -0.15) is 0 Å². The molecule has 1 fully saturated rings. The molecule has 1 aliphatic heterocycles. The van der Waals surface area contributed by atoms with E-state index in [4.69, 9.17) is 4.74 Å². The Bertz CT molecular complexity index is 1360. The van der Waals surface area contributed by atoms with Crippen LogP contribution in [0.4, 0.5) is 0 Å². The van der Waals surface area contributed by atoms with Gasteiger partial charge >= 0.3 is 0 Å². The predicted octanol–water partition coefficient (Wildman–Crippen LogP) is 6.77. The monoisotopic (exact) mass is 696 g/mol. The zero-order chi connectivity index (χ0) is 36.2. The van der Waals surface area contributed by atoms with Gasteiger partial charge in [0.2, 0.25) is 5.91 Å². The number of carbonyl (C=O) groups excluding carboxylic acids is 4. The summed E-state index contributed by atoms with van der Waals surface area (Å²) in [4.78, 5) is 62.9. The van der Waals surface area contributed by atoms with Crippen LogP contribution in [-0.4, -0.2) is 84.0 Å². The highest BCUT2D eigenvalue weighted by molar-refractivity contribution is 7.09. The minimum Gasteiger partial charge on any atom is -0.374 e. The molecule has 3 rings (SSSR count). The van der Waals surface area contributed by atoms with Gasteiger partial charge in [0.15, 0.2) is 11.6 Å². The summed E-state index contributed by atoms with van der Waals surface area (Å²) < 4.78 is 5.93. The van der Waals surface area contributed by atoms with E-state index in [-0.39, 0.29) is 59.4 Å². The van der Waals surface area contributed by atoms with Gasteiger partial charge in [-0.1, -0.05) is 84.7 Å². The first-order chi connectivity index (χ1) is 23.3. The van der Waals surface area contributed by atoms with Crippen molar-refractivity contribution in [2.45, 2.75) is 117 Å². The van der Waals surface area contributed by atoms with Crippen LogP contribution in [0.15, 0.2) is 35.7 Å². The number of rotatable bonds is 19. The molecular weight excluding hydrogens is 637 g/mol. The average Bonchev–Trinajstić information content (AvgIpc) is 3.57. The summed E-state index contributed by atoms with van der Waals surface area (Å²) in [5.41, 5.74) is 1.22. The van der Waals surface area contributed by atoms with Crippen molar-refractivity contribution in [3.63, 3.8) is 0 Å². The van der Waals surface area contributed by atoms with Gasteiger partial charge < -0.3 is 15.0 Å². The Kier molecular flexibility index (Phi) is 16.1. The first-order valence-corrected chi connectivity index (χ1v) is 19.0. The number of likely N-dealkylation sites (N-methyl/N-ethyl adjacent to an activating group) is 1. The van der Waals surface area contributed by atoms with E-state index < -0.39 is 24.0 Å². The van der Waals surface area contributed by atoms with Gasteiger partial charge in [-0.15, -0.1) is 11.3 Å². The predicted molar refractivity (Wildman–Crippen MR) is 197 cm³/mol. The average molecular weight is 697 g/mol. The van der Waals surface area contributed by atoms with Crippen molar-refractivity contribution >= 4 is 34.7 Å². The van der Waals surface area contributed by atoms with Crippen LogP contribution in [0.25, 0.3) is 0 Å². The Hall–Kier alpha value is -2.95. The van der Waals surface area contributed by atoms with Gasteiger partial charge in [-0.25, -0.2) is 4.98 Å². The molecule has 1 aromatic carbocycles. The molecule has 1 aromatic heterocycles. The number of Topliss-reactive ketones (excluding diaryl/α,β-unsaturated/α-hetero) is 2. The number of nitrogens with zero attached hydrogens (tertiary/aromatic N) is 3. The third-order valence-electron chi connectivity index (χ3n) is 10.2. The Morgan fingerprint density at radius 3 is 2.35 bits per heavy atom. The molecule has 272 valence electrons. The number of amides is 2. The number of hydrogen-bond acceptors (Lipinski definition) is 8. The molecule has 9 nitrogen and oxygen atoms in total. The summed E-state index contributed by atoms with van der Waals surface area (Å²) in [6.45, 7) is 13.2. The van der Waals surface area contributed by atoms with Crippen LogP contribution in [0.2, 0.25) is 0 Å². The van der Waals surface area contributed by atoms with Crippen LogP contribution < -0.4 is 5.32 Å². The number of likely N-dealkylation sites (tertiary alicyclic amines) is 1. The number of thiazole rings is 1. The van der Waals surface area contributed by atoms with E-state index in [2.05, 4.69) is 42.9 Å². The fourth-order valence-electron chi connectivity index (χ4n) is 6.88. The van der Waals surface area contributed by atoms with Crippen LogP contribution in [-0.2, 0) is 25.5 Å². The number of ether oxygens (including phenoxy) is 1. The SMILES string of the molecule is CC[C@H](C)[C@H](CC(=O)[C@H]1CCCCN1C)C(=O)N(C)[C@H](C[C@@H](OC)c1nc(C(=O)N[C@@H](Cc2ccccc2)C(=O)CC(C)C)cs1)C(C)C. The third-order valence-corrected chi connectivity index (χ3v) is 11.1. The molecule has 2 aromatic rings. The lowest BCUT2D eigenvalue weighted by molar-refractivity contribution is -0.143. The second-order valence-electron chi connectivity index (χ2n) is 14.7. The number of piperidine rings is 1. The number of carbonyl (C=O) groups is 4. The van der Waals surface area contributed by atoms with Crippen LogP contribution in [0.5, 0.6) is 0 Å². The van der Waals surface area contributed by atoms with Crippen molar-refractivity contribution in [2.75, 3.05) is 27.7 Å². The standard InChI is InChI=1S/C39H60N4O5S/c1-10-27(6)29(22-35(45)32-18-14-15-19-42(32)7)39(47)43(8)33(26(4)5)23-36(48-9)38-41-31(24-49-38)37(46)40-30(34(44)20-25(2)3)21-28-16-12-11-13-17-28/h11-13,16-17,24-27,29-30,32-33,36H,10,14-15,18-23H2,1-9H3,(H,40,46)/t27-,29-,30-,32+,33+,36+/m0/s1. The minimum atomic E-state index is -0.658. The molecule has 2 heterocycles. The Morgan fingerprint density at radius 1 is 1.06 bits per heavy atom. The molecule has 1 N–H and O–H groups in total. The Labute approximate surface area is 298 Å². The van der Waals surface area contributed by atoms with Crippen LogP contribution in [0, 0.1) is 23.7 Å². The van der Waals surface area contributed by atoms with E-state index in [1.807, 2.05) is 63.2 Å². The van der Waals surface area contributed by atoms with E-state index in [0.29, 0.717) is 24.3 Å². The summed E-state index contributed by atoms with van der Waals surface area (Å²) in [5, 5.41) is 5.29. The highest BCUT2D eigenvalue weighted by Crippen LogP contribution is 2.32. The Morgan fingerprint density at radius 2 is 1.76 bits per heavy atom. The number of ketones is 2. The highest BCUT2D eigenvalue weighted by atomic mass is 32.1. The van der Waals surface area contributed by atoms with Crippen molar-refractivity contribution in [3.05, 3.63) is 52.0 Å². The van der Waals surface area contributed by atoms with E-state index in [9.17, 15) is 19.2 Å². The van der Waals surface area contributed by atoms with Gasteiger partial charge in [0.1, 0.15) is 16.8 Å². The van der Waals surface area contributed by atoms with Crippen LogP contribution in [0.3, 0.4) is 0 Å². The van der Waals surface area contributed by atoms with Crippen molar-refractivity contribution in [2.24, 2.45) is 23.7 Å². The summed E-state index contributed by atoms with van der Waals surface area (Å²) in [6.07, 6.45) is 4.88. The number of hydrogen-bond donors (Lipinski definition) is 1. The maximum atomic E-state index is 14.2. The molecular formula is C39H60N4O5S. The zero-order valence-electron chi connectivity index (χ0n) is 31.2. The van der Waals surface area contributed by atoms with Crippen molar-refractivity contribution in [1.82, 2.24) is 20.1 Å². The van der Waals surface area contributed by atoms with Crippen LogP contribution >= 0.6 is 11.3 Å². The molecule has 0 bridgehead atoms. The van der Waals surface area contributed by atoms with E-state index in [0.717, 1.165) is 37.8 Å². The maximum absolute atomic E-state index is 14.2. The molecule has 10 heteroatoms. The van der Waals surface area contributed by atoms with Crippen molar-refractivity contribution in [1.29, 1.82) is 0 Å². The van der Waals surface area contributed by atoms with E-state index in [1.165, 1.54) is 11.3 Å². The quantitative estimate of drug-likeness (QED) is 0.173. The van der Waals surface area contributed by atoms with Gasteiger partial charge in [-0.05, 0) is 56.2 Å². The van der Waals surface area contributed by atoms with E-state index in [1.54, 1.807) is 12.5 Å². The fraction of sp³-hybridized carbons (Fsp3) is 0.667. The molecule has 0 spiro atoms. The van der Waals surface area contributed by atoms with Gasteiger partial charge in [0.25, 0.3) is 5.91 Å². The summed E-state index contributed by atoms with van der Waals surface area (Å²) >= 11 is 1.34. The van der Waals surface area contributed by atoms with Gasteiger partial charge in [-0.3, -0.25) is 24.1 Å². The van der Waals surface area contributed by atoms with Crippen molar-refractivity contribution < 1.29 is 23.9 Å². The topological polar surface area (TPSA) is 109 Å². The molecule has 0 radical (unpaired) electrons. The maximum Gasteiger partial charge on any atom is 0.271 e. The van der Waals surface area contributed by atoms with Crippen LogP contribution in [0.1, 0.15) is 114 Å². The molecule has 6 atom stereocenters. The second-order valence-corrected chi connectivity index (χ2v) is 15.6. The normalized spacial score (nSPS) is 18.5. The lowest BCUT2D eigenvalue weighted by atomic mass is 9.83. The summed E-state index contributed by atoms with van der Waals surface area (Å²) in [5.74, 6) is -0.289. The molecule has 0 aliphatic carbocycles. The molecule has 2 amide bonds.